The second kappa shape index (κ2) is 9.84. The number of rotatable bonds is 8. The number of amides is 1. The van der Waals surface area contributed by atoms with Crippen molar-refractivity contribution in [3.8, 4) is 11.5 Å². The Kier molecular flexibility index (Phi) is 7.17. The average Bonchev–Trinajstić information content (AvgIpc) is 2.79. The average molecular weight is 455 g/mol. The first kappa shape index (κ1) is 23.3. The molecule has 0 radical (unpaired) electrons. The van der Waals surface area contributed by atoms with Gasteiger partial charge in [-0.05, 0) is 48.4 Å². The summed E-state index contributed by atoms with van der Waals surface area (Å²) in [6, 6.07) is 19.5. The number of anilines is 1. The van der Waals surface area contributed by atoms with Crippen LogP contribution in [0.25, 0.3) is 0 Å². The van der Waals surface area contributed by atoms with Crippen molar-refractivity contribution in [3.05, 3.63) is 83.4 Å². The zero-order chi connectivity index (χ0) is 23.3. The smallest absolute Gasteiger partial charge is 0.255 e. The molecule has 1 N–H and O–H groups in total. The lowest BCUT2D eigenvalue weighted by atomic mass is 10.1. The van der Waals surface area contributed by atoms with E-state index in [4.69, 9.17) is 9.47 Å². The normalized spacial score (nSPS) is 11.3. The second-order valence-corrected chi connectivity index (χ2v) is 9.50. The summed E-state index contributed by atoms with van der Waals surface area (Å²) in [5, 5.41) is 2.82. The Morgan fingerprint density at radius 2 is 1.69 bits per heavy atom. The van der Waals surface area contributed by atoms with Crippen LogP contribution in [0.2, 0.25) is 0 Å². The summed E-state index contributed by atoms with van der Waals surface area (Å²) < 4.78 is 37.5. The monoisotopic (exact) mass is 454 g/mol. The number of benzene rings is 3. The molecule has 0 fully saturated rings. The highest BCUT2D eigenvalue weighted by Gasteiger charge is 2.24. The van der Waals surface area contributed by atoms with Crippen LogP contribution in [0, 0.1) is 6.92 Å². The highest BCUT2D eigenvalue weighted by Crippen LogP contribution is 2.30. The topological polar surface area (TPSA) is 84.9 Å². The minimum absolute atomic E-state index is 0.0814. The molecule has 0 bridgehead atoms. The maximum absolute atomic E-state index is 13.0. The number of nitrogens with one attached hydrogen (secondary N) is 1. The SMILES string of the molecule is COc1ccc(C(=O)Nc2ccc(C)cc2OCc2ccccc2)cc1S(=O)(=O)N(C)C. The minimum Gasteiger partial charge on any atom is -0.495 e. The van der Waals surface area contributed by atoms with Crippen LogP contribution in [0.3, 0.4) is 0 Å². The lowest BCUT2D eigenvalue weighted by molar-refractivity contribution is 0.102. The van der Waals surface area contributed by atoms with Crippen molar-refractivity contribution >= 4 is 21.6 Å². The third-order valence-electron chi connectivity index (χ3n) is 4.81. The van der Waals surface area contributed by atoms with E-state index in [-0.39, 0.29) is 16.2 Å². The largest absolute Gasteiger partial charge is 0.495 e. The number of carbonyl (C=O) groups excluding carboxylic acids is 1. The molecule has 0 heterocycles. The van der Waals surface area contributed by atoms with E-state index in [9.17, 15) is 13.2 Å². The summed E-state index contributed by atoms with van der Waals surface area (Å²) in [6.07, 6.45) is 0. The van der Waals surface area contributed by atoms with Gasteiger partial charge in [0.1, 0.15) is 23.0 Å². The molecule has 0 atom stereocenters. The van der Waals surface area contributed by atoms with Crippen LogP contribution in [0.4, 0.5) is 5.69 Å². The van der Waals surface area contributed by atoms with Crippen LogP contribution in [-0.4, -0.2) is 39.8 Å². The van der Waals surface area contributed by atoms with Crippen molar-refractivity contribution in [2.75, 3.05) is 26.5 Å². The molecular weight excluding hydrogens is 428 g/mol. The predicted octanol–water partition coefficient (Wildman–Crippen LogP) is 4.09. The molecule has 7 nitrogen and oxygen atoms in total. The highest BCUT2D eigenvalue weighted by atomic mass is 32.2. The lowest BCUT2D eigenvalue weighted by Crippen LogP contribution is -2.23. The van der Waals surface area contributed by atoms with E-state index in [1.54, 1.807) is 6.07 Å². The van der Waals surface area contributed by atoms with Gasteiger partial charge < -0.3 is 14.8 Å². The molecule has 0 aromatic heterocycles. The van der Waals surface area contributed by atoms with Gasteiger partial charge in [-0.25, -0.2) is 12.7 Å². The van der Waals surface area contributed by atoms with Gasteiger partial charge in [0.2, 0.25) is 10.0 Å². The lowest BCUT2D eigenvalue weighted by Gasteiger charge is -2.16. The first-order chi connectivity index (χ1) is 15.2. The summed E-state index contributed by atoms with van der Waals surface area (Å²) in [7, 11) is 0.425. The summed E-state index contributed by atoms with van der Waals surface area (Å²) in [4.78, 5) is 12.9. The Balaban J connectivity index is 1.87. The molecule has 3 aromatic carbocycles. The van der Waals surface area contributed by atoms with Crippen molar-refractivity contribution in [2.45, 2.75) is 18.4 Å². The Bertz CT molecular complexity index is 1210. The second-order valence-electron chi connectivity index (χ2n) is 7.38. The first-order valence-electron chi connectivity index (χ1n) is 9.91. The number of hydrogen-bond donors (Lipinski definition) is 1. The van der Waals surface area contributed by atoms with Crippen LogP contribution < -0.4 is 14.8 Å². The molecule has 0 aliphatic carbocycles. The number of ether oxygens (including phenoxy) is 2. The molecule has 3 aromatic rings. The van der Waals surface area contributed by atoms with Crippen molar-refractivity contribution in [1.82, 2.24) is 4.31 Å². The van der Waals surface area contributed by atoms with Gasteiger partial charge in [0, 0.05) is 19.7 Å². The van der Waals surface area contributed by atoms with Crippen molar-refractivity contribution in [1.29, 1.82) is 0 Å². The van der Waals surface area contributed by atoms with Crippen LogP contribution >= 0.6 is 0 Å². The fourth-order valence-electron chi connectivity index (χ4n) is 3.00. The minimum atomic E-state index is -3.80. The maximum Gasteiger partial charge on any atom is 0.255 e. The van der Waals surface area contributed by atoms with Gasteiger partial charge in [-0.2, -0.15) is 0 Å². The molecule has 0 aliphatic heterocycles. The summed E-state index contributed by atoms with van der Waals surface area (Å²) in [5.41, 5.74) is 2.65. The molecule has 168 valence electrons. The molecule has 32 heavy (non-hydrogen) atoms. The van der Waals surface area contributed by atoms with E-state index >= 15 is 0 Å². The fraction of sp³-hybridized carbons (Fsp3) is 0.208. The van der Waals surface area contributed by atoms with Gasteiger partial charge in [0.25, 0.3) is 5.91 Å². The van der Waals surface area contributed by atoms with Crippen molar-refractivity contribution in [2.24, 2.45) is 0 Å². The molecule has 0 spiro atoms. The number of methoxy groups -OCH3 is 1. The van der Waals surface area contributed by atoms with Crippen LogP contribution in [0.15, 0.2) is 71.6 Å². The van der Waals surface area contributed by atoms with Gasteiger partial charge in [-0.1, -0.05) is 36.4 Å². The predicted molar refractivity (Wildman–Crippen MR) is 124 cm³/mol. The van der Waals surface area contributed by atoms with Gasteiger partial charge >= 0.3 is 0 Å². The molecule has 0 aliphatic rings. The Labute approximate surface area is 188 Å². The summed E-state index contributed by atoms with van der Waals surface area (Å²) in [6.45, 7) is 2.28. The third-order valence-corrected chi connectivity index (χ3v) is 6.64. The van der Waals surface area contributed by atoms with Gasteiger partial charge in [0.05, 0.1) is 12.8 Å². The molecule has 0 unspecified atom stereocenters. The Morgan fingerprint density at radius 1 is 0.969 bits per heavy atom. The van der Waals surface area contributed by atoms with E-state index in [0.29, 0.717) is 18.0 Å². The van der Waals surface area contributed by atoms with E-state index in [1.165, 1.54) is 39.4 Å². The maximum atomic E-state index is 13.0. The van der Waals surface area contributed by atoms with Crippen molar-refractivity contribution in [3.63, 3.8) is 0 Å². The van der Waals surface area contributed by atoms with E-state index in [0.717, 1.165) is 15.4 Å². The molecule has 1 amide bonds. The van der Waals surface area contributed by atoms with Crippen LogP contribution in [0.1, 0.15) is 21.5 Å². The number of nitrogens with zero attached hydrogens (tertiary/aromatic N) is 1. The number of carbonyl (C=O) groups is 1. The third kappa shape index (κ3) is 5.27. The van der Waals surface area contributed by atoms with Crippen LogP contribution in [-0.2, 0) is 16.6 Å². The molecule has 0 saturated carbocycles. The zero-order valence-electron chi connectivity index (χ0n) is 18.5. The van der Waals surface area contributed by atoms with Crippen LogP contribution in [0.5, 0.6) is 11.5 Å². The Hall–Kier alpha value is -3.36. The zero-order valence-corrected chi connectivity index (χ0v) is 19.3. The fourth-order valence-corrected chi connectivity index (χ4v) is 4.07. The van der Waals surface area contributed by atoms with Crippen molar-refractivity contribution < 1.29 is 22.7 Å². The molecule has 3 rings (SSSR count). The van der Waals surface area contributed by atoms with E-state index in [1.807, 2.05) is 49.4 Å². The molecule has 0 saturated heterocycles. The first-order valence-corrected chi connectivity index (χ1v) is 11.4. The molecular formula is C24H26N2O5S. The van der Waals surface area contributed by atoms with E-state index < -0.39 is 15.9 Å². The number of sulfonamides is 1. The van der Waals surface area contributed by atoms with E-state index in [2.05, 4.69) is 5.32 Å². The standard InChI is InChI=1S/C24H26N2O5S/c1-17-10-12-20(22(14-17)31-16-18-8-6-5-7-9-18)25-24(27)19-11-13-21(30-4)23(15-19)32(28,29)26(2)3/h5-15H,16H2,1-4H3,(H,25,27). The highest BCUT2D eigenvalue weighted by molar-refractivity contribution is 7.89. The summed E-state index contributed by atoms with van der Waals surface area (Å²) >= 11 is 0. The van der Waals surface area contributed by atoms with Gasteiger partial charge in [-0.15, -0.1) is 0 Å². The molecule has 8 heteroatoms. The quantitative estimate of drug-likeness (QED) is 0.554. The van der Waals surface area contributed by atoms with Gasteiger partial charge in [-0.3, -0.25) is 4.79 Å². The number of aryl methyl sites for hydroxylation is 1. The Morgan fingerprint density at radius 3 is 2.34 bits per heavy atom. The van der Waals surface area contributed by atoms with Gasteiger partial charge in [0.15, 0.2) is 0 Å². The summed E-state index contributed by atoms with van der Waals surface area (Å²) in [5.74, 6) is 0.227. The number of hydrogen-bond acceptors (Lipinski definition) is 5.